The molecular formula is C60H88N4O14. The first-order valence-corrected chi connectivity index (χ1v) is 26.7. The molecule has 4 heterocycles. The van der Waals surface area contributed by atoms with Gasteiger partial charge in [0, 0.05) is 46.0 Å². The van der Waals surface area contributed by atoms with Crippen LogP contribution in [0.2, 0.25) is 0 Å². The number of carbonyl (C=O) groups is 5. The van der Waals surface area contributed by atoms with Crippen LogP contribution in [0.4, 0.5) is 0 Å². The third-order valence-electron chi connectivity index (χ3n) is 12.5. The van der Waals surface area contributed by atoms with Crippen LogP contribution in [0.25, 0.3) is 0 Å². The van der Waals surface area contributed by atoms with E-state index in [-0.39, 0.29) is 53.6 Å². The van der Waals surface area contributed by atoms with E-state index in [1.54, 1.807) is 38.2 Å². The number of nitrogens with one attached hydrogen (secondary N) is 3. The summed E-state index contributed by atoms with van der Waals surface area (Å²) in [6.45, 7) is 16.5. The molecule has 0 radical (unpaired) electrons. The molecule has 2 fully saturated rings. The molecule has 3 amide bonds. The molecule has 0 aromatic carbocycles. The average molecular weight is 1090 g/mol. The van der Waals surface area contributed by atoms with Crippen LogP contribution in [0.15, 0.2) is 146 Å². The number of rotatable bonds is 5. The molecular weight excluding hydrogens is 1000 g/mol. The van der Waals surface area contributed by atoms with Gasteiger partial charge in [-0.1, -0.05) is 161 Å². The first-order chi connectivity index (χ1) is 37.1. The van der Waals surface area contributed by atoms with E-state index in [0.29, 0.717) is 25.9 Å². The summed E-state index contributed by atoms with van der Waals surface area (Å²) >= 11 is 0. The van der Waals surface area contributed by atoms with Crippen molar-refractivity contribution < 1.29 is 68.1 Å². The third-order valence-corrected chi connectivity index (χ3v) is 12.5. The number of amides is 3. The van der Waals surface area contributed by atoms with Gasteiger partial charge < -0.3 is 65.8 Å². The third kappa shape index (κ3) is 28.6. The summed E-state index contributed by atoms with van der Waals surface area (Å²) in [5.41, 5.74) is 5.96. The Hall–Kier alpha value is -5.93. The van der Waals surface area contributed by atoms with Crippen LogP contribution in [0.1, 0.15) is 88.0 Å². The molecule has 432 valence electrons. The van der Waals surface area contributed by atoms with Crippen molar-refractivity contribution in [3.8, 4) is 0 Å². The van der Waals surface area contributed by atoms with Crippen molar-refractivity contribution in [3.63, 3.8) is 0 Å². The van der Waals surface area contributed by atoms with Crippen molar-refractivity contribution in [3.05, 3.63) is 146 Å². The van der Waals surface area contributed by atoms with Crippen LogP contribution >= 0.6 is 0 Å². The number of allylic oxidation sites excluding steroid dienone is 18. The van der Waals surface area contributed by atoms with Gasteiger partial charge in [-0.05, 0) is 63.2 Å². The van der Waals surface area contributed by atoms with Crippen molar-refractivity contribution in [1.82, 2.24) is 16.0 Å². The second-order valence-electron chi connectivity index (χ2n) is 19.7. The molecule has 4 rings (SSSR count). The van der Waals surface area contributed by atoms with E-state index in [4.69, 9.17) is 24.7 Å². The number of aliphatic hydroxyl groups excluding tert-OH is 4. The molecule has 2 saturated heterocycles. The SMILES string of the molecule is CC(=O)NC1C(O)C(C)OC(OC2C\C=C/C=C/C=C\C(=O)NCC(C)/C=C/C=C\C=C\CC2C)C1O.CC(=O)OC(C)=O.CC1/C=C/C=C\C=C\CC(C)C(OC2OC(C)C(O)C(N)C2O)C\C=C/C=C/C=C\C(=O)NC1. The number of aliphatic hydroxyl groups is 4. The zero-order chi connectivity index (χ0) is 58.0. The van der Waals surface area contributed by atoms with Gasteiger partial charge in [0.2, 0.25) is 17.7 Å². The van der Waals surface area contributed by atoms with Crippen molar-refractivity contribution >= 4 is 29.7 Å². The van der Waals surface area contributed by atoms with Crippen molar-refractivity contribution in [1.29, 1.82) is 0 Å². The minimum atomic E-state index is -1.23. The van der Waals surface area contributed by atoms with Gasteiger partial charge in [-0.2, -0.15) is 0 Å². The molecule has 0 spiro atoms. The molecule has 0 saturated carbocycles. The minimum absolute atomic E-state index is 0.0835. The highest BCUT2D eigenvalue weighted by Gasteiger charge is 2.45. The summed E-state index contributed by atoms with van der Waals surface area (Å²) in [7, 11) is 0. The molecule has 4 aliphatic heterocycles. The fraction of sp³-hybridized carbons (Fsp3) is 0.517. The Balaban J connectivity index is 0.000000476. The molecule has 0 bridgehead atoms. The number of hydrogen-bond donors (Lipinski definition) is 8. The first-order valence-electron chi connectivity index (χ1n) is 26.7. The number of ether oxygens (including phenoxy) is 5. The highest BCUT2D eigenvalue weighted by Crippen LogP contribution is 2.28. The summed E-state index contributed by atoms with van der Waals surface area (Å²) in [6, 6.07) is -1.72. The zero-order valence-corrected chi connectivity index (χ0v) is 46.8. The Labute approximate surface area is 462 Å². The van der Waals surface area contributed by atoms with E-state index in [1.165, 1.54) is 32.9 Å². The van der Waals surface area contributed by atoms with Crippen LogP contribution in [-0.4, -0.2) is 137 Å². The van der Waals surface area contributed by atoms with Gasteiger partial charge in [0.15, 0.2) is 12.6 Å². The van der Waals surface area contributed by atoms with Crippen molar-refractivity contribution in [2.75, 3.05) is 13.1 Å². The molecule has 0 aromatic rings. The minimum Gasteiger partial charge on any atom is -0.394 e. The first kappa shape index (κ1) is 68.2. The molecule has 16 atom stereocenters. The monoisotopic (exact) mass is 1090 g/mol. The summed E-state index contributed by atoms with van der Waals surface area (Å²) in [5.74, 6) is -1.10. The lowest BCUT2D eigenvalue weighted by Crippen LogP contribution is -2.64. The molecule has 18 nitrogen and oxygen atoms in total. The Morgan fingerprint density at radius 1 is 0.526 bits per heavy atom. The Morgan fingerprint density at radius 2 is 0.897 bits per heavy atom. The lowest BCUT2D eigenvalue weighted by atomic mass is 9.95. The fourth-order valence-electron chi connectivity index (χ4n) is 7.84. The largest absolute Gasteiger partial charge is 0.394 e. The second kappa shape index (κ2) is 38.6. The maximum atomic E-state index is 11.9. The van der Waals surface area contributed by atoms with Crippen LogP contribution in [0.3, 0.4) is 0 Å². The van der Waals surface area contributed by atoms with Crippen LogP contribution in [0.5, 0.6) is 0 Å². The van der Waals surface area contributed by atoms with Crippen LogP contribution in [0, 0.1) is 23.7 Å². The number of carbonyl (C=O) groups excluding carboxylic acids is 5. The van der Waals surface area contributed by atoms with Crippen molar-refractivity contribution in [2.24, 2.45) is 29.4 Å². The maximum Gasteiger partial charge on any atom is 0.310 e. The molecule has 9 N–H and O–H groups in total. The summed E-state index contributed by atoms with van der Waals surface area (Å²) in [6.07, 6.45) is 40.0. The molecule has 4 aliphatic rings. The van der Waals surface area contributed by atoms with Gasteiger partial charge in [-0.25, -0.2) is 0 Å². The van der Waals surface area contributed by atoms with E-state index < -0.39 is 73.2 Å². The van der Waals surface area contributed by atoms with E-state index in [9.17, 15) is 44.4 Å². The molecule has 0 aliphatic carbocycles. The lowest BCUT2D eigenvalue weighted by Gasteiger charge is -2.43. The van der Waals surface area contributed by atoms with Crippen molar-refractivity contribution in [2.45, 2.75) is 161 Å². The highest BCUT2D eigenvalue weighted by atomic mass is 16.7. The van der Waals surface area contributed by atoms with E-state index in [2.05, 4.69) is 46.7 Å². The topological polar surface area (TPSA) is 275 Å². The van der Waals surface area contributed by atoms with Gasteiger partial charge in [-0.3, -0.25) is 24.0 Å². The zero-order valence-electron chi connectivity index (χ0n) is 46.8. The molecule has 16 unspecified atom stereocenters. The second-order valence-corrected chi connectivity index (χ2v) is 19.7. The Kier molecular flexibility index (Phi) is 33.7. The normalized spacial score (nSPS) is 37.7. The molecule has 18 heteroatoms. The predicted molar refractivity (Wildman–Crippen MR) is 301 cm³/mol. The smallest absolute Gasteiger partial charge is 0.310 e. The average Bonchev–Trinajstić information content (AvgIpc) is 3.38. The summed E-state index contributed by atoms with van der Waals surface area (Å²) in [4.78, 5) is 55.1. The lowest BCUT2D eigenvalue weighted by molar-refractivity contribution is -0.287. The van der Waals surface area contributed by atoms with E-state index in [0.717, 1.165) is 12.8 Å². The number of esters is 2. The summed E-state index contributed by atoms with van der Waals surface area (Å²) < 4.78 is 27.9. The van der Waals surface area contributed by atoms with Gasteiger partial charge in [-0.15, -0.1) is 0 Å². The molecule has 0 aromatic heterocycles. The highest BCUT2D eigenvalue weighted by molar-refractivity contribution is 5.88. The van der Waals surface area contributed by atoms with E-state index in [1.807, 2.05) is 111 Å². The van der Waals surface area contributed by atoms with Crippen LogP contribution in [-0.2, 0) is 47.7 Å². The number of nitrogens with two attached hydrogens (primary N) is 1. The van der Waals surface area contributed by atoms with Gasteiger partial charge in [0.05, 0.1) is 42.6 Å². The molecule has 78 heavy (non-hydrogen) atoms. The van der Waals surface area contributed by atoms with Gasteiger partial charge >= 0.3 is 11.9 Å². The summed E-state index contributed by atoms with van der Waals surface area (Å²) in [5, 5.41) is 50.1. The predicted octanol–water partition coefficient (Wildman–Crippen LogP) is 5.64. The van der Waals surface area contributed by atoms with E-state index >= 15 is 0 Å². The number of hydrogen-bond acceptors (Lipinski definition) is 15. The Morgan fingerprint density at radius 3 is 1.29 bits per heavy atom. The Bertz CT molecular complexity index is 2200. The standard InChI is InChI=1S/C29H42N2O6.C27H40N2O5.C4H6O3/c1-20-15-11-7-5-8-12-16-21(2)24(17-13-9-6-10-14-18-25(33)30-19-20)37-29-28(35)26(31-23(4)32)27(34)22(3)36-29;1-19-14-10-6-4-7-11-15-20(2)22(16-12-8-5-9-13-17-23(30)29-18-19)34-27-26(32)24(28)25(31)21(3)33-27;1-3(5)7-4(2)6/h5-15,18,20-22,24,26-29,34-35H,16-17,19H2,1-4H3,(H,30,33)(H,31,32);4-14,17,19-22,24-27,31-32H,15-16,18,28H2,1-3H3,(H,29,30);1-2H3/b7-5-,10-6+,12-8+,13-9-,15-11+,18-14-;6-4-,9-5+,11-7+,12-8-,14-10+,17-13-;. The fourth-order valence-corrected chi connectivity index (χ4v) is 7.84. The van der Waals surface area contributed by atoms with Gasteiger partial charge in [0.25, 0.3) is 0 Å². The van der Waals surface area contributed by atoms with Gasteiger partial charge in [0.1, 0.15) is 18.3 Å². The van der Waals surface area contributed by atoms with Crippen LogP contribution < -0.4 is 21.7 Å². The quantitative estimate of drug-likeness (QED) is 0.122. The maximum absolute atomic E-state index is 11.9.